The van der Waals surface area contributed by atoms with E-state index >= 15 is 0 Å². The van der Waals surface area contributed by atoms with Gasteiger partial charge in [0.05, 0.1) is 16.4 Å². The molecule has 2 heterocycles. The Labute approximate surface area is 119 Å². The fourth-order valence-corrected chi connectivity index (χ4v) is 1.81. The summed E-state index contributed by atoms with van der Waals surface area (Å²) in [5.74, 6) is 6.64. The molecule has 0 saturated carbocycles. The molecule has 0 aliphatic rings. The first-order valence-corrected chi connectivity index (χ1v) is 6.57. The zero-order valence-corrected chi connectivity index (χ0v) is 12.2. The molecule has 2 rings (SSSR count). The third-order valence-corrected chi connectivity index (χ3v) is 3.00. The van der Waals surface area contributed by atoms with Crippen LogP contribution >= 0.6 is 15.9 Å². The quantitative estimate of drug-likeness (QED) is 0.664. The highest BCUT2D eigenvalue weighted by Gasteiger charge is 2.10. The summed E-state index contributed by atoms with van der Waals surface area (Å²) in [5.41, 5.74) is 4.22. The van der Waals surface area contributed by atoms with Gasteiger partial charge in [-0.05, 0) is 41.4 Å². The number of rotatable bonds is 4. The van der Waals surface area contributed by atoms with Gasteiger partial charge in [0, 0.05) is 5.69 Å². The van der Waals surface area contributed by atoms with Gasteiger partial charge in [-0.15, -0.1) is 0 Å². The van der Waals surface area contributed by atoms with Crippen molar-refractivity contribution in [2.24, 2.45) is 5.84 Å². The Hall–Kier alpha value is -1.73. The Morgan fingerprint density at radius 2 is 2.16 bits per heavy atom. The number of hydrogen-bond acceptors (Lipinski definition) is 6. The van der Waals surface area contributed by atoms with Crippen molar-refractivity contribution in [3.05, 3.63) is 34.2 Å². The lowest BCUT2D eigenvalue weighted by Crippen LogP contribution is -2.10. The summed E-state index contributed by atoms with van der Waals surface area (Å²) in [4.78, 5) is 12.5. The second-order valence-corrected chi connectivity index (χ2v) is 4.70. The second-order valence-electron chi connectivity index (χ2n) is 3.84. The van der Waals surface area contributed by atoms with Crippen LogP contribution < -0.4 is 16.0 Å². The molecule has 0 aliphatic carbocycles. The lowest BCUT2D eigenvalue weighted by atomic mass is 10.2. The zero-order chi connectivity index (χ0) is 13.8. The molecule has 7 heteroatoms. The number of nitrogens with zero attached hydrogens (tertiary/aromatic N) is 3. The van der Waals surface area contributed by atoms with Gasteiger partial charge in [-0.2, -0.15) is 4.98 Å². The summed E-state index contributed by atoms with van der Waals surface area (Å²) in [6.07, 6.45) is 2.35. The van der Waals surface area contributed by atoms with Crippen LogP contribution in [0.1, 0.15) is 18.3 Å². The highest BCUT2D eigenvalue weighted by molar-refractivity contribution is 9.10. The van der Waals surface area contributed by atoms with Crippen LogP contribution in [0.5, 0.6) is 11.6 Å². The Balaban J connectivity index is 2.35. The molecule has 0 radical (unpaired) electrons. The van der Waals surface area contributed by atoms with Crippen LogP contribution in [0, 0.1) is 6.92 Å². The van der Waals surface area contributed by atoms with E-state index in [2.05, 4.69) is 36.3 Å². The van der Waals surface area contributed by atoms with Gasteiger partial charge in [-0.3, -0.25) is 10.4 Å². The first-order valence-electron chi connectivity index (χ1n) is 5.77. The Kier molecular flexibility index (Phi) is 4.28. The van der Waals surface area contributed by atoms with Crippen molar-refractivity contribution in [1.82, 2.24) is 15.0 Å². The van der Waals surface area contributed by atoms with E-state index in [0.717, 1.165) is 17.8 Å². The highest BCUT2D eigenvalue weighted by Crippen LogP contribution is 2.29. The van der Waals surface area contributed by atoms with E-state index in [0.29, 0.717) is 16.1 Å². The third kappa shape index (κ3) is 3.18. The van der Waals surface area contributed by atoms with E-state index in [1.165, 1.54) is 0 Å². The minimum absolute atomic E-state index is 0.288. The molecular weight excluding hydrogens is 310 g/mol. The predicted molar refractivity (Wildman–Crippen MR) is 76.0 cm³/mol. The average molecular weight is 324 g/mol. The van der Waals surface area contributed by atoms with Crippen LogP contribution in [0.25, 0.3) is 0 Å². The van der Waals surface area contributed by atoms with Crippen molar-refractivity contribution in [2.75, 3.05) is 5.43 Å². The molecule has 19 heavy (non-hydrogen) atoms. The van der Waals surface area contributed by atoms with E-state index in [4.69, 9.17) is 10.6 Å². The van der Waals surface area contributed by atoms with Crippen LogP contribution in [-0.2, 0) is 6.42 Å². The normalized spacial score (nSPS) is 10.3. The predicted octanol–water partition coefficient (Wildman–Crippen LogP) is 2.58. The van der Waals surface area contributed by atoms with E-state index in [1.807, 2.05) is 26.0 Å². The van der Waals surface area contributed by atoms with Crippen molar-refractivity contribution < 1.29 is 4.74 Å². The molecule has 0 aliphatic heterocycles. The number of anilines is 1. The van der Waals surface area contributed by atoms with Crippen LogP contribution in [0.3, 0.4) is 0 Å². The number of ether oxygens (including phenoxy) is 1. The summed E-state index contributed by atoms with van der Waals surface area (Å²) in [7, 11) is 0. The first kappa shape index (κ1) is 13.7. The van der Waals surface area contributed by atoms with Gasteiger partial charge in [0.15, 0.2) is 5.75 Å². The van der Waals surface area contributed by atoms with Gasteiger partial charge in [-0.25, -0.2) is 10.8 Å². The van der Waals surface area contributed by atoms with Gasteiger partial charge in [0.2, 0.25) is 11.8 Å². The highest BCUT2D eigenvalue weighted by atomic mass is 79.9. The van der Waals surface area contributed by atoms with E-state index in [1.54, 1.807) is 6.20 Å². The maximum atomic E-state index is 5.77. The molecule has 0 amide bonds. The number of aryl methyl sites for hydroxylation is 2. The largest absolute Gasteiger partial charge is 0.436 e. The van der Waals surface area contributed by atoms with Crippen molar-refractivity contribution in [2.45, 2.75) is 20.3 Å². The molecule has 0 fully saturated rings. The molecule has 2 aromatic rings. The standard InChI is InChI=1S/C12H14BrN5O/c1-3-9-10(5-4-7(2)16-9)19-11-8(13)6-15-12(17-11)18-14/h4-6H,3,14H2,1-2H3,(H,15,17,18). The SMILES string of the molecule is CCc1nc(C)ccc1Oc1nc(NN)ncc1Br. The maximum Gasteiger partial charge on any atom is 0.240 e. The lowest BCUT2D eigenvalue weighted by molar-refractivity contribution is 0.450. The first-order chi connectivity index (χ1) is 9.13. The van der Waals surface area contributed by atoms with Crippen LogP contribution in [-0.4, -0.2) is 15.0 Å². The lowest BCUT2D eigenvalue weighted by Gasteiger charge is -2.11. The van der Waals surface area contributed by atoms with Crippen molar-refractivity contribution in [1.29, 1.82) is 0 Å². The average Bonchev–Trinajstić information content (AvgIpc) is 2.43. The second kappa shape index (κ2) is 5.94. The zero-order valence-electron chi connectivity index (χ0n) is 10.6. The number of halogens is 1. The summed E-state index contributed by atoms with van der Waals surface area (Å²) in [6, 6.07) is 3.77. The molecule has 2 aromatic heterocycles. The number of aromatic nitrogens is 3. The summed E-state index contributed by atoms with van der Waals surface area (Å²) in [5, 5.41) is 0. The number of hydrazine groups is 1. The molecule has 0 unspecified atom stereocenters. The summed E-state index contributed by atoms with van der Waals surface area (Å²) < 4.78 is 6.42. The molecule has 0 saturated heterocycles. The number of nitrogen functional groups attached to an aromatic ring is 1. The molecule has 100 valence electrons. The molecule has 0 bridgehead atoms. The molecule has 3 N–H and O–H groups in total. The van der Waals surface area contributed by atoms with Crippen molar-refractivity contribution in [3.63, 3.8) is 0 Å². The van der Waals surface area contributed by atoms with Crippen LogP contribution in [0.4, 0.5) is 5.95 Å². The van der Waals surface area contributed by atoms with Gasteiger partial charge >= 0.3 is 0 Å². The topological polar surface area (TPSA) is 86.0 Å². The third-order valence-electron chi connectivity index (χ3n) is 2.45. The summed E-state index contributed by atoms with van der Waals surface area (Å²) >= 11 is 3.34. The number of pyridine rings is 1. The van der Waals surface area contributed by atoms with E-state index < -0.39 is 0 Å². The maximum absolute atomic E-state index is 5.77. The van der Waals surface area contributed by atoms with Gasteiger partial charge in [0.25, 0.3) is 0 Å². The van der Waals surface area contributed by atoms with Crippen LogP contribution in [0.2, 0.25) is 0 Å². The van der Waals surface area contributed by atoms with Gasteiger partial charge < -0.3 is 4.74 Å². The number of nitrogens with one attached hydrogen (secondary N) is 1. The molecule has 0 aromatic carbocycles. The minimum atomic E-state index is 0.288. The number of hydrogen-bond donors (Lipinski definition) is 2. The fraction of sp³-hybridized carbons (Fsp3) is 0.250. The molecule has 0 atom stereocenters. The number of nitrogens with two attached hydrogens (primary N) is 1. The Bertz CT molecular complexity index is 590. The minimum Gasteiger partial charge on any atom is -0.436 e. The van der Waals surface area contributed by atoms with Crippen LogP contribution in [0.15, 0.2) is 22.8 Å². The van der Waals surface area contributed by atoms with Gasteiger partial charge in [0.1, 0.15) is 0 Å². The smallest absolute Gasteiger partial charge is 0.240 e. The van der Waals surface area contributed by atoms with Gasteiger partial charge in [-0.1, -0.05) is 6.92 Å². The van der Waals surface area contributed by atoms with Crippen molar-refractivity contribution >= 4 is 21.9 Å². The monoisotopic (exact) mass is 323 g/mol. The molecule has 6 nitrogen and oxygen atoms in total. The fourth-order valence-electron chi connectivity index (χ4n) is 1.54. The molecular formula is C12H14BrN5O. The van der Waals surface area contributed by atoms with E-state index in [-0.39, 0.29) is 5.95 Å². The Morgan fingerprint density at radius 3 is 2.84 bits per heavy atom. The molecule has 0 spiro atoms. The Morgan fingerprint density at radius 1 is 1.37 bits per heavy atom. The van der Waals surface area contributed by atoms with E-state index in [9.17, 15) is 0 Å². The summed E-state index contributed by atoms with van der Waals surface area (Å²) in [6.45, 7) is 3.97. The van der Waals surface area contributed by atoms with Crippen molar-refractivity contribution in [3.8, 4) is 11.6 Å².